The molecule has 0 saturated carbocycles. The maximum atomic E-state index is 13.3. The Morgan fingerprint density at radius 1 is 1.19 bits per heavy atom. The van der Waals surface area contributed by atoms with Gasteiger partial charge in [-0.15, -0.1) is 0 Å². The van der Waals surface area contributed by atoms with Crippen LogP contribution in [-0.2, 0) is 14.8 Å². The van der Waals surface area contributed by atoms with Gasteiger partial charge < -0.3 is 15.5 Å². The van der Waals surface area contributed by atoms with E-state index in [0.29, 0.717) is 42.5 Å². The van der Waals surface area contributed by atoms with Gasteiger partial charge in [0.25, 0.3) is 5.91 Å². The van der Waals surface area contributed by atoms with Crippen LogP contribution in [0.3, 0.4) is 0 Å². The fraction of sp³-hybridized carbons (Fsp3) is 0.545. The van der Waals surface area contributed by atoms with Crippen molar-refractivity contribution in [1.82, 2.24) is 20.1 Å². The number of benzene rings is 1. The molecular weight excluding hydrogens is 430 g/mol. The number of amides is 1. The summed E-state index contributed by atoms with van der Waals surface area (Å²) in [6.45, 7) is 5.38. The van der Waals surface area contributed by atoms with Crippen LogP contribution in [0.4, 0.5) is 0 Å². The average Bonchev–Trinajstić information content (AvgIpc) is 3.10. The van der Waals surface area contributed by atoms with E-state index in [1.165, 1.54) is 4.31 Å². The first-order valence-electron chi connectivity index (χ1n) is 11.3. The van der Waals surface area contributed by atoms with E-state index in [0.717, 1.165) is 37.8 Å². The largest absolute Gasteiger partial charge is 0.493 e. The second-order valence-corrected chi connectivity index (χ2v) is 10.2. The van der Waals surface area contributed by atoms with E-state index in [9.17, 15) is 13.2 Å². The van der Waals surface area contributed by atoms with E-state index in [1.54, 1.807) is 23.2 Å². The summed E-state index contributed by atoms with van der Waals surface area (Å²) in [6.07, 6.45) is 4.45. The monoisotopic (exact) mass is 461 g/mol. The molecule has 0 radical (unpaired) electrons. The number of hydrazine groups is 1. The molecule has 9 nitrogen and oxygen atoms in total. The molecule has 2 N–H and O–H groups in total. The minimum atomic E-state index is -3.64. The van der Waals surface area contributed by atoms with E-state index in [-0.39, 0.29) is 10.8 Å². The molecule has 1 amide bonds. The summed E-state index contributed by atoms with van der Waals surface area (Å²) in [4.78, 5) is 17.9. The Bertz CT molecular complexity index is 1060. The molecule has 3 heterocycles. The molecule has 0 aliphatic carbocycles. The van der Waals surface area contributed by atoms with Crippen molar-refractivity contribution < 1.29 is 17.9 Å². The van der Waals surface area contributed by atoms with E-state index >= 15 is 0 Å². The molecule has 1 atom stereocenters. The summed E-state index contributed by atoms with van der Waals surface area (Å²) in [5.41, 5.74) is 5.27. The minimum absolute atomic E-state index is 0.182. The fourth-order valence-corrected chi connectivity index (χ4v) is 5.94. The van der Waals surface area contributed by atoms with Crippen LogP contribution in [-0.4, -0.2) is 62.3 Å². The van der Waals surface area contributed by atoms with Gasteiger partial charge in [0.1, 0.15) is 11.6 Å². The number of aliphatic imine (C=N–C) groups is 1. The van der Waals surface area contributed by atoms with Gasteiger partial charge in [-0.1, -0.05) is 19.8 Å². The van der Waals surface area contributed by atoms with Crippen molar-refractivity contribution >= 4 is 21.8 Å². The summed E-state index contributed by atoms with van der Waals surface area (Å²) in [6, 6.07) is 4.27. The van der Waals surface area contributed by atoms with Gasteiger partial charge in [0.15, 0.2) is 6.04 Å². The molecule has 1 unspecified atom stereocenters. The molecule has 10 heteroatoms. The summed E-state index contributed by atoms with van der Waals surface area (Å²) >= 11 is 0. The van der Waals surface area contributed by atoms with Crippen LogP contribution in [0.15, 0.2) is 39.5 Å². The number of carbonyl (C=O) groups excluding carboxylic acids is 1. The number of ether oxygens (including phenoxy) is 1. The molecule has 4 rings (SSSR count). The normalized spacial score (nSPS) is 22.3. The molecule has 1 aromatic carbocycles. The molecule has 32 heavy (non-hydrogen) atoms. The fourth-order valence-electron chi connectivity index (χ4n) is 4.40. The third-order valence-corrected chi connectivity index (χ3v) is 7.84. The van der Waals surface area contributed by atoms with Gasteiger partial charge in [0, 0.05) is 20.1 Å². The zero-order valence-electron chi connectivity index (χ0n) is 18.8. The smallest absolute Gasteiger partial charge is 0.251 e. The Morgan fingerprint density at radius 3 is 2.62 bits per heavy atom. The standard InChI is InChI=1S/C22H31N5O4S/c1-4-9-17-19-20(26(3)25-17)22(28)24-21(23-19)16-14-15(10-11-18(16)31-5-2)32(29,30)27-12-7-6-8-13-27/h10-11,14,20,25H,4-9,12-13H2,1-3H3,(H,23,24,28). The number of rotatable bonds is 7. The Balaban J connectivity index is 1.79. The van der Waals surface area contributed by atoms with Crippen molar-refractivity contribution in [2.75, 3.05) is 26.7 Å². The molecule has 3 aliphatic rings. The molecule has 1 saturated heterocycles. The van der Waals surface area contributed by atoms with Gasteiger partial charge in [0.2, 0.25) is 10.0 Å². The van der Waals surface area contributed by atoms with Gasteiger partial charge in [-0.05, 0) is 44.4 Å². The molecular formula is C22H31N5O4S. The third-order valence-electron chi connectivity index (χ3n) is 5.95. The van der Waals surface area contributed by atoms with E-state index in [2.05, 4.69) is 17.7 Å². The second-order valence-electron chi connectivity index (χ2n) is 8.24. The maximum Gasteiger partial charge on any atom is 0.251 e. The van der Waals surface area contributed by atoms with Crippen LogP contribution in [0.1, 0.15) is 51.5 Å². The topological polar surface area (TPSA) is 103 Å². The van der Waals surface area contributed by atoms with Gasteiger partial charge in [-0.25, -0.2) is 18.4 Å². The second kappa shape index (κ2) is 9.21. The first-order chi connectivity index (χ1) is 15.4. The van der Waals surface area contributed by atoms with Gasteiger partial charge >= 0.3 is 0 Å². The van der Waals surface area contributed by atoms with Crippen LogP contribution in [0.25, 0.3) is 0 Å². The lowest BCUT2D eigenvalue weighted by Gasteiger charge is -2.27. The molecule has 0 aromatic heterocycles. The Kier molecular flexibility index (Phi) is 6.55. The number of hydrogen-bond acceptors (Lipinski definition) is 7. The third kappa shape index (κ3) is 4.14. The lowest BCUT2D eigenvalue weighted by Crippen LogP contribution is -2.50. The maximum absolute atomic E-state index is 13.3. The predicted octanol–water partition coefficient (Wildman–Crippen LogP) is 1.97. The van der Waals surface area contributed by atoms with Crippen molar-refractivity contribution in [2.24, 2.45) is 4.99 Å². The van der Waals surface area contributed by atoms with Crippen molar-refractivity contribution in [1.29, 1.82) is 0 Å². The zero-order chi connectivity index (χ0) is 22.9. The zero-order valence-corrected chi connectivity index (χ0v) is 19.7. The Labute approximate surface area is 189 Å². The van der Waals surface area contributed by atoms with Crippen molar-refractivity contribution in [3.05, 3.63) is 35.2 Å². The summed E-state index contributed by atoms with van der Waals surface area (Å²) in [7, 11) is -1.83. The highest BCUT2D eigenvalue weighted by molar-refractivity contribution is 7.89. The molecule has 0 spiro atoms. The highest BCUT2D eigenvalue weighted by atomic mass is 32.2. The molecule has 174 valence electrons. The Morgan fingerprint density at radius 2 is 1.94 bits per heavy atom. The van der Waals surface area contributed by atoms with Gasteiger partial charge in [-0.2, -0.15) is 4.31 Å². The van der Waals surface area contributed by atoms with E-state index in [1.807, 2.05) is 14.0 Å². The predicted molar refractivity (Wildman–Crippen MR) is 122 cm³/mol. The number of piperidine rings is 1. The average molecular weight is 462 g/mol. The SMILES string of the molecule is CCCC1=C2N=C(c3cc(S(=O)(=O)N4CCCCC4)ccc3OCC)NC(=O)C2N(C)N1. The summed E-state index contributed by atoms with van der Waals surface area (Å²) in [5, 5.41) is 4.61. The van der Waals surface area contributed by atoms with Crippen LogP contribution in [0.5, 0.6) is 5.75 Å². The summed E-state index contributed by atoms with van der Waals surface area (Å²) < 4.78 is 33.8. The number of amidine groups is 1. The van der Waals surface area contributed by atoms with Crippen molar-refractivity contribution in [2.45, 2.75) is 56.9 Å². The number of hydrogen-bond donors (Lipinski definition) is 2. The first-order valence-corrected chi connectivity index (χ1v) is 12.7. The Hall–Kier alpha value is -2.43. The molecule has 3 aliphatic heterocycles. The van der Waals surface area contributed by atoms with Crippen LogP contribution in [0, 0.1) is 0 Å². The molecule has 0 bridgehead atoms. The summed E-state index contributed by atoms with van der Waals surface area (Å²) in [5.74, 6) is 0.587. The number of likely N-dealkylation sites (N-methyl/N-ethyl adjacent to an activating group) is 1. The van der Waals surface area contributed by atoms with E-state index in [4.69, 9.17) is 9.73 Å². The number of sulfonamides is 1. The molecule has 1 aromatic rings. The number of nitrogens with zero attached hydrogens (tertiary/aromatic N) is 3. The lowest BCUT2D eigenvalue weighted by atomic mass is 10.1. The van der Waals surface area contributed by atoms with Crippen molar-refractivity contribution in [3.63, 3.8) is 0 Å². The first kappa shape index (κ1) is 22.8. The van der Waals surface area contributed by atoms with E-state index < -0.39 is 16.1 Å². The van der Waals surface area contributed by atoms with Crippen LogP contribution in [0.2, 0.25) is 0 Å². The van der Waals surface area contributed by atoms with Gasteiger partial charge in [0.05, 0.1) is 28.5 Å². The quantitative estimate of drug-likeness (QED) is 0.644. The van der Waals surface area contributed by atoms with Crippen LogP contribution < -0.4 is 15.5 Å². The van der Waals surface area contributed by atoms with Crippen LogP contribution >= 0.6 is 0 Å². The number of fused-ring (bicyclic) bond motifs is 1. The number of nitrogens with one attached hydrogen (secondary N) is 2. The van der Waals surface area contributed by atoms with Gasteiger partial charge in [-0.3, -0.25) is 4.79 Å². The minimum Gasteiger partial charge on any atom is -0.493 e. The highest BCUT2D eigenvalue weighted by Crippen LogP contribution is 2.31. The molecule has 1 fully saturated rings. The lowest BCUT2D eigenvalue weighted by molar-refractivity contribution is -0.123. The highest BCUT2D eigenvalue weighted by Gasteiger charge is 2.40. The number of carbonyl (C=O) groups is 1. The van der Waals surface area contributed by atoms with Crippen molar-refractivity contribution in [3.8, 4) is 5.75 Å². The number of allylic oxidation sites excluding steroid dienone is 1.